The number of alkyl halides is 6. The zero-order chi connectivity index (χ0) is 26.3. The number of aromatic nitrogens is 1. The molecule has 1 saturated carbocycles. The number of hydrogen-bond donors (Lipinski definition) is 2. The van der Waals surface area contributed by atoms with Gasteiger partial charge in [0, 0.05) is 17.4 Å². The molecule has 5 nitrogen and oxygen atoms in total. The second kappa shape index (κ2) is 9.44. The molecule has 0 spiro atoms. The highest BCUT2D eigenvalue weighted by molar-refractivity contribution is 6.06. The molecule has 1 aliphatic carbocycles. The molecule has 1 fully saturated rings. The Labute approximate surface area is 201 Å². The molecule has 1 amide bonds. The monoisotopic (exact) mass is 509 g/mol. The maximum atomic E-state index is 13.8. The molecule has 2 aromatic carbocycles. The fraction of sp³-hybridized carbons (Fsp3) is 0.320. The minimum atomic E-state index is -4.88. The molecule has 36 heavy (non-hydrogen) atoms. The first-order chi connectivity index (χ1) is 16.8. The largest absolute Gasteiger partial charge is 0.418 e. The van der Waals surface area contributed by atoms with Crippen LogP contribution in [0, 0.1) is 5.92 Å². The van der Waals surface area contributed by atoms with Gasteiger partial charge in [0.15, 0.2) is 0 Å². The highest BCUT2D eigenvalue weighted by Crippen LogP contribution is 2.38. The maximum absolute atomic E-state index is 13.8. The van der Waals surface area contributed by atoms with E-state index < -0.39 is 51.5 Å². The fourth-order valence-corrected chi connectivity index (χ4v) is 4.20. The van der Waals surface area contributed by atoms with Crippen LogP contribution in [0.1, 0.15) is 54.1 Å². The van der Waals surface area contributed by atoms with Crippen LogP contribution in [0.3, 0.4) is 0 Å². The highest BCUT2D eigenvalue weighted by Gasteiger charge is 2.36. The lowest BCUT2D eigenvalue weighted by Gasteiger charge is -2.19. The van der Waals surface area contributed by atoms with Gasteiger partial charge in [-0.2, -0.15) is 26.3 Å². The van der Waals surface area contributed by atoms with Crippen LogP contribution in [0.5, 0.6) is 0 Å². The molecular formula is C25H21F6N3O2. The van der Waals surface area contributed by atoms with Gasteiger partial charge in [-0.25, -0.2) is 0 Å². The Bertz CT molecular complexity index is 1400. The third-order valence-electron chi connectivity index (χ3n) is 6.15. The van der Waals surface area contributed by atoms with Gasteiger partial charge in [0.1, 0.15) is 5.56 Å². The fourth-order valence-electron chi connectivity index (χ4n) is 4.20. The highest BCUT2D eigenvalue weighted by atomic mass is 19.4. The molecule has 1 aromatic heterocycles. The first kappa shape index (κ1) is 25.5. The van der Waals surface area contributed by atoms with Gasteiger partial charge in [0.25, 0.3) is 5.91 Å². The van der Waals surface area contributed by atoms with Crippen molar-refractivity contribution in [2.75, 3.05) is 5.32 Å². The number of benzene rings is 2. The van der Waals surface area contributed by atoms with Gasteiger partial charge in [-0.05, 0) is 61.9 Å². The number of fused-ring (bicyclic) bond motifs is 1. The third-order valence-corrected chi connectivity index (χ3v) is 6.15. The van der Waals surface area contributed by atoms with Crippen molar-refractivity contribution in [3.05, 3.63) is 69.5 Å². The minimum absolute atomic E-state index is 0.0725. The molecule has 0 atom stereocenters. The van der Waals surface area contributed by atoms with Crippen LogP contribution in [0.25, 0.3) is 10.9 Å². The second-order valence-corrected chi connectivity index (χ2v) is 8.80. The molecule has 1 aliphatic rings. The predicted molar refractivity (Wildman–Crippen MR) is 124 cm³/mol. The zero-order valence-electron chi connectivity index (χ0n) is 19.0. The summed E-state index contributed by atoms with van der Waals surface area (Å²) in [7, 11) is 0. The number of hydrogen-bond acceptors (Lipinski definition) is 3. The van der Waals surface area contributed by atoms with Crippen LogP contribution in [-0.4, -0.2) is 16.6 Å². The summed E-state index contributed by atoms with van der Waals surface area (Å²) >= 11 is 0. The molecule has 3 aromatic rings. The van der Waals surface area contributed by atoms with Crippen LogP contribution >= 0.6 is 0 Å². The summed E-state index contributed by atoms with van der Waals surface area (Å²) in [5, 5.41) is 1.25. The van der Waals surface area contributed by atoms with Crippen molar-refractivity contribution in [1.82, 2.24) is 4.98 Å². The second-order valence-electron chi connectivity index (χ2n) is 8.80. The number of rotatable bonds is 3. The normalized spacial score (nSPS) is 16.8. The van der Waals surface area contributed by atoms with Gasteiger partial charge in [0.2, 0.25) is 5.43 Å². The van der Waals surface area contributed by atoms with Crippen molar-refractivity contribution in [2.24, 2.45) is 10.9 Å². The topological polar surface area (TPSA) is 74.3 Å². The van der Waals surface area contributed by atoms with E-state index in [1.54, 1.807) is 0 Å². The molecule has 0 bridgehead atoms. The number of nitrogens with one attached hydrogen (secondary N) is 2. The average molecular weight is 509 g/mol. The lowest BCUT2D eigenvalue weighted by Crippen LogP contribution is -2.24. The summed E-state index contributed by atoms with van der Waals surface area (Å²) in [6.45, 7) is 2.10. The van der Waals surface area contributed by atoms with Crippen molar-refractivity contribution in [1.29, 1.82) is 0 Å². The van der Waals surface area contributed by atoms with Gasteiger partial charge in [-0.1, -0.05) is 13.0 Å². The van der Waals surface area contributed by atoms with E-state index in [-0.39, 0.29) is 11.2 Å². The number of H-pyrrole nitrogens is 1. The number of anilines is 1. The van der Waals surface area contributed by atoms with Crippen molar-refractivity contribution in [3.8, 4) is 0 Å². The molecule has 0 radical (unpaired) electrons. The first-order valence-electron chi connectivity index (χ1n) is 11.1. The van der Waals surface area contributed by atoms with Crippen molar-refractivity contribution >= 4 is 33.9 Å². The summed E-state index contributed by atoms with van der Waals surface area (Å²) in [6, 6.07) is 6.13. The molecular weight excluding hydrogens is 488 g/mol. The van der Waals surface area contributed by atoms with E-state index in [9.17, 15) is 35.9 Å². The third kappa shape index (κ3) is 5.29. The van der Waals surface area contributed by atoms with Crippen LogP contribution in [0.2, 0.25) is 0 Å². The van der Waals surface area contributed by atoms with Gasteiger partial charge in [-0.15, -0.1) is 0 Å². The number of carbonyl (C=O) groups excluding carboxylic acids is 1. The summed E-state index contributed by atoms with van der Waals surface area (Å²) in [5.41, 5.74) is -4.39. The van der Waals surface area contributed by atoms with E-state index in [1.165, 1.54) is 12.1 Å². The van der Waals surface area contributed by atoms with Crippen molar-refractivity contribution in [3.63, 3.8) is 0 Å². The number of nitrogens with zero attached hydrogens (tertiary/aromatic N) is 1. The Hall–Kier alpha value is -3.63. The van der Waals surface area contributed by atoms with Crippen LogP contribution in [0.4, 0.5) is 37.7 Å². The zero-order valence-corrected chi connectivity index (χ0v) is 19.0. The standard InChI is InChI=1S/C25H21F6N3O2/c1-13-5-7-14(8-6-13)33-15-9-10-19(18(11-15)25(29,30)31)34-23(36)16-12-32-20-4-2-3-17(24(26,27)28)21(20)22(16)35/h2-4,9-13H,5-8H2,1H3,(H,32,35)(H,34,36). The lowest BCUT2D eigenvalue weighted by atomic mass is 9.89. The van der Waals surface area contributed by atoms with E-state index >= 15 is 0 Å². The quantitative estimate of drug-likeness (QED) is 0.370. The van der Waals surface area contributed by atoms with E-state index in [0.29, 0.717) is 24.8 Å². The van der Waals surface area contributed by atoms with E-state index in [4.69, 9.17) is 0 Å². The Morgan fingerprint density at radius 3 is 2.31 bits per heavy atom. The first-order valence-corrected chi connectivity index (χ1v) is 11.1. The Morgan fingerprint density at radius 2 is 1.67 bits per heavy atom. The molecule has 0 aliphatic heterocycles. The summed E-state index contributed by atoms with van der Waals surface area (Å²) in [5.74, 6) is -0.751. The molecule has 2 N–H and O–H groups in total. The Balaban J connectivity index is 1.70. The molecule has 190 valence electrons. The minimum Gasteiger partial charge on any atom is -0.360 e. The van der Waals surface area contributed by atoms with Crippen molar-refractivity contribution < 1.29 is 31.1 Å². The molecule has 4 rings (SSSR count). The number of carbonyl (C=O) groups is 1. The van der Waals surface area contributed by atoms with Crippen LogP contribution in [-0.2, 0) is 12.4 Å². The lowest BCUT2D eigenvalue weighted by molar-refractivity contribution is -0.137. The number of aliphatic imine (C=N–C) groups is 1. The van der Waals surface area contributed by atoms with Crippen LogP contribution < -0.4 is 10.7 Å². The number of halogens is 6. The van der Waals surface area contributed by atoms with Crippen LogP contribution in [0.15, 0.2) is 52.4 Å². The average Bonchev–Trinajstić information content (AvgIpc) is 2.80. The molecule has 1 heterocycles. The van der Waals surface area contributed by atoms with E-state index in [2.05, 4.69) is 16.9 Å². The number of aromatic amines is 1. The SMILES string of the molecule is CC1CCC(=Nc2ccc(NC(=O)c3c[nH]c4cccc(C(F)(F)F)c4c3=O)c(C(F)(F)F)c2)CC1. The Morgan fingerprint density at radius 1 is 1.00 bits per heavy atom. The Kier molecular flexibility index (Phi) is 6.68. The van der Waals surface area contributed by atoms with Gasteiger partial charge < -0.3 is 10.3 Å². The predicted octanol–water partition coefficient (Wildman–Crippen LogP) is 7.10. The van der Waals surface area contributed by atoms with E-state index in [1.807, 2.05) is 5.32 Å². The van der Waals surface area contributed by atoms with Gasteiger partial charge in [0.05, 0.1) is 27.9 Å². The van der Waals surface area contributed by atoms with E-state index in [0.717, 1.165) is 42.9 Å². The molecule has 11 heteroatoms. The summed E-state index contributed by atoms with van der Waals surface area (Å²) in [4.78, 5) is 32.3. The van der Waals surface area contributed by atoms with Crippen molar-refractivity contribution in [2.45, 2.75) is 45.0 Å². The number of amides is 1. The van der Waals surface area contributed by atoms with Gasteiger partial charge >= 0.3 is 12.4 Å². The number of pyridine rings is 1. The maximum Gasteiger partial charge on any atom is 0.418 e. The van der Waals surface area contributed by atoms with Gasteiger partial charge in [-0.3, -0.25) is 14.6 Å². The molecule has 0 saturated heterocycles. The molecule has 0 unspecified atom stereocenters. The summed E-state index contributed by atoms with van der Waals surface area (Å²) in [6.07, 6.45) is -5.70. The smallest absolute Gasteiger partial charge is 0.360 e. The summed E-state index contributed by atoms with van der Waals surface area (Å²) < 4.78 is 81.6.